The van der Waals surface area contributed by atoms with Crippen molar-refractivity contribution in [1.29, 1.82) is 0 Å². The van der Waals surface area contributed by atoms with E-state index in [-0.39, 0.29) is 11.7 Å². The molecule has 0 saturated carbocycles. The highest BCUT2D eigenvalue weighted by molar-refractivity contribution is 5.90. The summed E-state index contributed by atoms with van der Waals surface area (Å²) in [6.07, 6.45) is 0.824. The first-order valence-electron chi connectivity index (χ1n) is 8.81. The van der Waals surface area contributed by atoms with Gasteiger partial charge in [0.15, 0.2) is 0 Å². The molecule has 1 saturated heterocycles. The number of benzene rings is 1. The second kappa shape index (κ2) is 6.55. The topological polar surface area (TPSA) is 63.1 Å². The van der Waals surface area contributed by atoms with E-state index in [1.165, 1.54) is 6.07 Å². The predicted molar refractivity (Wildman–Crippen MR) is 90.4 cm³/mol. The molecule has 2 aliphatic rings. The van der Waals surface area contributed by atoms with Crippen molar-refractivity contribution in [1.82, 2.24) is 25.0 Å². The molecule has 6 nitrogen and oxygen atoms in total. The molecule has 25 heavy (non-hydrogen) atoms. The maximum atomic E-state index is 13.9. The summed E-state index contributed by atoms with van der Waals surface area (Å²) in [6, 6.07) is 6.96. The van der Waals surface area contributed by atoms with Crippen LogP contribution in [0, 0.1) is 17.7 Å². The number of rotatable bonds is 4. The molecule has 2 aliphatic heterocycles. The summed E-state index contributed by atoms with van der Waals surface area (Å²) in [7, 11) is 0. The number of nitrogens with one attached hydrogen (secondary N) is 1. The molecular formula is C18H22FN5O. The van der Waals surface area contributed by atoms with E-state index >= 15 is 0 Å². The van der Waals surface area contributed by atoms with Gasteiger partial charge in [-0.05, 0) is 24.8 Å². The molecule has 4 rings (SSSR count). The first kappa shape index (κ1) is 16.2. The van der Waals surface area contributed by atoms with E-state index in [9.17, 15) is 9.18 Å². The van der Waals surface area contributed by atoms with Gasteiger partial charge in [0, 0.05) is 44.7 Å². The molecule has 0 aliphatic carbocycles. The lowest BCUT2D eigenvalue weighted by Gasteiger charge is -2.25. The Morgan fingerprint density at radius 1 is 1.24 bits per heavy atom. The molecular weight excluding hydrogens is 321 g/mol. The van der Waals surface area contributed by atoms with E-state index in [4.69, 9.17) is 0 Å². The van der Waals surface area contributed by atoms with E-state index in [1.807, 2.05) is 23.6 Å². The van der Waals surface area contributed by atoms with Crippen LogP contribution in [-0.4, -0.2) is 45.2 Å². The summed E-state index contributed by atoms with van der Waals surface area (Å²) < 4.78 is 15.9. The Hall–Kier alpha value is -2.28. The Labute approximate surface area is 146 Å². The van der Waals surface area contributed by atoms with Gasteiger partial charge in [-0.25, -0.2) is 4.39 Å². The second-order valence-electron chi connectivity index (χ2n) is 6.92. The first-order valence-corrected chi connectivity index (χ1v) is 8.81. The third-order valence-electron chi connectivity index (χ3n) is 5.23. The minimum Gasteiger partial charge on any atom is -0.350 e. The number of likely N-dealkylation sites (tertiary alicyclic amines) is 1. The van der Waals surface area contributed by atoms with Gasteiger partial charge < -0.3 is 9.88 Å². The average molecular weight is 343 g/mol. The van der Waals surface area contributed by atoms with Crippen molar-refractivity contribution < 1.29 is 9.18 Å². The number of fused-ring (bicyclic) bond motifs is 2. The fraction of sp³-hybridized carbons (Fsp3) is 0.500. The lowest BCUT2D eigenvalue weighted by atomic mass is 9.89. The van der Waals surface area contributed by atoms with E-state index < -0.39 is 0 Å². The quantitative estimate of drug-likeness (QED) is 0.913. The Kier molecular flexibility index (Phi) is 4.25. The highest BCUT2D eigenvalue weighted by Crippen LogP contribution is 2.33. The van der Waals surface area contributed by atoms with Gasteiger partial charge in [-0.15, -0.1) is 10.2 Å². The van der Waals surface area contributed by atoms with Crippen LogP contribution in [0.15, 0.2) is 24.3 Å². The first-order chi connectivity index (χ1) is 12.2. The van der Waals surface area contributed by atoms with Crippen molar-refractivity contribution in [3.8, 4) is 0 Å². The number of carbonyl (C=O) groups is 1. The van der Waals surface area contributed by atoms with E-state index in [0.717, 1.165) is 37.4 Å². The van der Waals surface area contributed by atoms with Crippen LogP contribution < -0.4 is 5.32 Å². The van der Waals surface area contributed by atoms with Gasteiger partial charge in [0.25, 0.3) is 5.91 Å². The monoisotopic (exact) mass is 343 g/mol. The van der Waals surface area contributed by atoms with Gasteiger partial charge in [0.1, 0.15) is 11.6 Å². The fourth-order valence-electron chi connectivity index (χ4n) is 4.03. The lowest BCUT2D eigenvalue weighted by molar-refractivity contribution is 0.0937. The molecule has 1 amide bonds. The van der Waals surface area contributed by atoms with Crippen LogP contribution in [0.1, 0.15) is 28.9 Å². The number of amides is 1. The molecule has 132 valence electrons. The zero-order valence-electron chi connectivity index (χ0n) is 14.3. The summed E-state index contributed by atoms with van der Waals surface area (Å²) in [6.45, 7) is 5.69. The number of hydrogen-bond acceptors (Lipinski definition) is 4. The summed E-state index contributed by atoms with van der Waals surface area (Å²) in [5.41, 5.74) is 0.739. The van der Waals surface area contributed by atoms with Gasteiger partial charge >= 0.3 is 0 Å². The van der Waals surface area contributed by atoms with E-state index in [1.54, 1.807) is 6.07 Å². The van der Waals surface area contributed by atoms with Gasteiger partial charge in [-0.3, -0.25) is 9.69 Å². The van der Waals surface area contributed by atoms with E-state index in [0.29, 0.717) is 30.7 Å². The highest BCUT2D eigenvalue weighted by Gasteiger charge is 2.39. The van der Waals surface area contributed by atoms with Crippen LogP contribution in [0.3, 0.4) is 0 Å². The maximum Gasteiger partial charge on any atom is 0.289 e. The molecule has 1 N–H and O–H groups in total. The minimum absolute atomic E-state index is 0.145. The Morgan fingerprint density at radius 3 is 2.84 bits per heavy atom. The van der Waals surface area contributed by atoms with Crippen molar-refractivity contribution in [2.75, 3.05) is 19.6 Å². The second-order valence-corrected chi connectivity index (χ2v) is 6.92. The number of halogens is 1. The molecule has 7 heteroatoms. The predicted octanol–water partition coefficient (Wildman–Crippen LogP) is 1.47. The number of carbonyl (C=O) groups excluding carboxylic acids is 1. The molecule has 0 bridgehead atoms. The molecule has 2 aromatic rings. The maximum absolute atomic E-state index is 13.9. The molecule has 0 unspecified atom stereocenters. The van der Waals surface area contributed by atoms with Crippen LogP contribution in [0.5, 0.6) is 0 Å². The van der Waals surface area contributed by atoms with Gasteiger partial charge in [-0.1, -0.05) is 18.2 Å². The number of hydrogen-bond donors (Lipinski definition) is 1. The lowest BCUT2D eigenvalue weighted by Crippen LogP contribution is -2.33. The van der Waals surface area contributed by atoms with Crippen molar-refractivity contribution >= 4 is 5.91 Å². The van der Waals surface area contributed by atoms with Gasteiger partial charge in [0.2, 0.25) is 5.82 Å². The average Bonchev–Trinajstić information content (AvgIpc) is 3.17. The standard InChI is InChI=1S/C18H22FN5O/c1-2-20-18(25)17-22-21-16-7-13-9-23(10-14(13)11-24(16)17)8-12-5-3-4-6-15(12)19/h3-6,13-14H,2,7-11H2,1H3,(H,20,25)/t13-,14+/m0/s1. The Morgan fingerprint density at radius 2 is 2.04 bits per heavy atom. The molecule has 1 aromatic heterocycles. The van der Waals surface area contributed by atoms with E-state index in [2.05, 4.69) is 20.4 Å². The molecule has 0 spiro atoms. The van der Waals surface area contributed by atoms with Crippen LogP contribution in [0.2, 0.25) is 0 Å². The molecule has 0 radical (unpaired) electrons. The normalized spacial score (nSPS) is 22.5. The zero-order chi connectivity index (χ0) is 17.4. The molecule has 1 fully saturated rings. The van der Waals surface area contributed by atoms with Crippen molar-refractivity contribution in [3.63, 3.8) is 0 Å². The smallest absolute Gasteiger partial charge is 0.289 e. The molecule has 3 heterocycles. The highest BCUT2D eigenvalue weighted by atomic mass is 19.1. The van der Waals surface area contributed by atoms with Gasteiger partial charge in [-0.2, -0.15) is 0 Å². The summed E-state index contributed by atoms with van der Waals surface area (Å²) >= 11 is 0. The van der Waals surface area contributed by atoms with Crippen molar-refractivity contribution in [2.24, 2.45) is 11.8 Å². The third kappa shape index (κ3) is 3.04. The summed E-state index contributed by atoms with van der Waals surface area (Å²) in [5.74, 6) is 1.92. The minimum atomic E-state index is -0.166. The molecule has 2 atom stereocenters. The van der Waals surface area contributed by atoms with Crippen LogP contribution in [-0.2, 0) is 19.5 Å². The Balaban J connectivity index is 1.47. The van der Waals surface area contributed by atoms with Crippen LogP contribution in [0.25, 0.3) is 0 Å². The SMILES string of the molecule is CCNC(=O)c1nnc2n1C[C@H]1CN(Cc3ccccc3F)C[C@@H]1C2. The third-order valence-corrected chi connectivity index (χ3v) is 5.23. The van der Waals surface area contributed by atoms with Crippen molar-refractivity contribution in [3.05, 3.63) is 47.3 Å². The zero-order valence-corrected chi connectivity index (χ0v) is 14.3. The number of aromatic nitrogens is 3. The van der Waals surface area contributed by atoms with Gasteiger partial charge in [0.05, 0.1) is 0 Å². The largest absolute Gasteiger partial charge is 0.350 e. The van der Waals surface area contributed by atoms with Crippen molar-refractivity contribution in [2.45, 2.75) is 26.4 Å². The van der Waals surface area contributed by atoms with Crippen LogP contribution in [0.4, 0.5) is 4.39 Å². The summed E-state index contributed by atoms with van der Waals surface area (Å²) in [5, 5.41) is 11.1. The summed E-state index contributed by atoms with van der Waals surface area (Å²) in [4.78, 5) is 14.4. The molecule has 1 aromatic carbocycles. The fourth-order valence-corrected chi connectivity index (χ4v) is 4.03. The Bertz CT molecular complexity index is 790. The van der Waals surface area contributed by atoms with Crippen LogP contribution >= 0.6 is 0 Å². The number of nitrogens with zero attached hydrogens (tertiary/aromatic N) is 4.